The third-order valence-electron chi connectivity index (χ3n) is 3.62. The molecular formula is C16H16ClNO8. The monoisotopic (exact) mass is 385 g/mol. The van der Waals surface area contributed by atoms with Crippen molar-refractivity contribution in [2.24, 2.45) is 0 Å². The highest BCUT2D eigenvalue weighted by Gasteiger charge is 2.34. The Morgan fingerprint density at radius 1 is 1.15 bits per heavy atom. The van der Waals surface area contributed by atoms with Crippen LogP contribution in [0.1, 0.15) is 10.4 Å². The Balaban J connectivity index is 2.67. The van der Waals surface area contributed by atoms with Crippen LogP contribution in [0, 0.1) is 0 Å². The number of halogens is 1. The highest BCUT2D eigenvalue weighted by Crippen LogP contribution is 2.37. The van der Waals surface area contributed by atoms with E-state index in [-0.39, 0.29) is 46.6 Å². The Morgan fingerprint density at radius 3 is 2.35 bits per heavy atom. The van der Waals surface area contributed by atoms with Gasteiger partial charge in [-0.25, -0.2) is 14.4 Å². The van der Waals surface area contributed by atoms with Gasteiger partial charge in [0, 0.05) is 6.07 Å². The third-order valence-corrected chi connectivity index (χ3v) is 3.93. The summed E-state index contributed by atoms with van der Waals surface area (Å²) >= 11 is 6.20. The van der Waals surface area contributed by atoms with E-state index >= 15 is 0 Å². The van der Waals surface area contributed by atoms with Crippen molar-refractivity contribution in [3.05, 3.63) is 34.0 Å². The SMILES string of the molecule is COC(=O)C1=C(C(=O)OC)N(c2cc(OC)c(C(=O)O)cc2Cl)COC1. The Hall–Kier alpha value is -2.78. The fraction of sp³-hybridized carbons (Fsp3) is 0.312. The first-order chi connectivity index (χ1) is 12.3. The molecule has 0 aliphatic carbocycles. The molecule has 0 amide bonds. The number of methoxy groups -OCH3 is 3. The van der Waals surface area contributed by atoms with Crippen LogP contribution in [0.5, 0.6) is 5.75 Å². The lowest BCUT2D eigenvalue weighted by atomic mass is 10.1. The smallest absolute Gasteiger partial charge is 0.355 e. The maximum atomic E-state index is 12.3. The van der Waals surface area contributed by atoms with Crippen LogP contribution in [0.15, 0.2) is 23.4 Å². The maximum Gasteiger partial charge on any atom is 0.355 e. The minimum absolute atomic E-state index is 0.0133. The summed E-state index contributed by atoms with van der Waals surface area (Å²) in [7, 11) is 3.62. The van der Waals surface area contributed by atoms with Crippen LogP contribution < -0.4 is 9.64 Å². The molecule has 10 heteroatoms. The Morgan fingerprint density at radius 2 is 1.81 bits per heavy atom. The molecule has 9 nitrogen and oxygen atoms in total. The summed E-state index contributed by atoms with van der Waals surface area (Å²) in [5.74, 6) is -2.78. The fourth-order valence-corrected chi connectivity index (χ4v) is 2.68. The van der Waals surface area contributed by atoms with Crippen molar-refractivity contribution in [1.29, 1.82) is 0 Å². The number of anilines is 1. The topological polar surface area (TPSA) is 112 Å². The van der Waals surface area contributed by atoms with Crippen LogP contribution >= 0.6 is 11.6 Å². The van der Waals surface area contributed by atoms with Crippen LogP contribution in [0.25, 0.3) is 0 Å². The van der Waals surface area contributed by atoms with Crippen molar-refractivity contribution in [2.45, 2.75) is 0 Å². The maximum absolute atomic E-state index is 12.3. The number of hydrogen-bond acceptors (Lipinski definition) is 8. The molecule has 1 N–H and O–H groups in total. The summed E-state index contributed by atoms with van der Waals surface area (Å²) in [4.78, 5) is 36.9. The van der Waals surface area contributed by atoms with E-state index < -0.39 is 17.9 Å². The molecular weight excluding hydrogens is 370 g/mol. The van der Waals surface area contributed by atoms with E-state index in [0.717, 1.165) is 7.11 Å². The minimum Gasteiger partial charge on any atom is -0.496 e. The van der Waals surface area contributed by atoms with Crippen LogP contribution in [-0.4, -0.2) is 57.7 Å². The minimum atomic E-state index is -1.23. The first-order valence-corrected chi connectivity index (χ1v) is 7.59. The molecule has 0 saturated carbocycles. The number of carbonyl (C=O) groups is 3. The molecule has 0 atom stereocenters. The lowest BCUT2D eigenvalue weighted by Crippen LogP contribution is -2.39. The van der Waals surface area contributed by atoms with E-state index in [0.29, 0.717) is 0 Å². The van der Waals surface area contributed by atoms with Gasteiger partial charge < -0.3 is 29.0 Å². The number of carbonyl (C=O) groups excluding carboxylic acids is 2. The number of carboxylic acids is 1. The van der Waals surface area contributed by atoms with Gasteiger partial charge in [-0.15, -0.1) is 0 Å². The zero-order valence-corrected chi connectivity index (χ0v) is 15.0. The Labute approximate surface area is 153 Å². The first kappa shape index (κ1) is 19.5. The second kappa shape index (κ2) is 8.07. The number of benzene rings is 1. The van der Waals surface area contributed by atoms with E-state index in [1.54, 1.807) is 0 Å². The lowest BCUT2D eigenvalue weighted by molar-refractivity contribution is -0.140. The molecule has 2 rings (SSSR count). The molecule has 0 bridgehead atoms. The summed E-state index contributed by atoms with van der Waals surface area (Å²) in [5, 5.41) is 9.24. The van der Waals surface area contributed by atoms with Crippen LogP contribution in [0.2, 0.25) is 5.02 Å². The van der Waals surface area contributed by atoms with Gasteiger partial charge in [0.2, 0.25) is 0 Å². The molecule has 1 aromatic rings. The highest BCUT2D eigenvalue weighted by molar-refractivity contribution is 6.34. The van der Waals surface area contributed by atoms with E-state index in [2.05, 4.69) is 4.74 Å². The molecule has 1 aromatic carbocycles. The number of hydrogen-bond donors (Lipinski definition) is 1. The van der Waals surface area contributed by atoms with Gasteiger partial charge in [-0.1, -0.05) is 11.6 Å². The van der Waals surface area contributed by atoms with Gasteiger partial charge in [-0.05, 0) is 6.07 Å². The highest BCUT2D eigenvalue weighted by atomic mass is 35.5. The van der Waals surface area contributed by atoms with Gasteiger partial charge in [0.15, 0.2) is 0 Å². The molecule has 0 aromatic heterocycles. The molecule has 26 heavy (non-hydrogen) atoms. The Bertz CT molecular complexity index is 789. The molecule has 1 heterocycles. The molecule has 1 aliphatic heterocycles. The van der Waals surface area contributed by atoms with E-state index in [1.807, 2.05) is 0 Å². The second-order valence-electron chi connectivity index (χ2n) is 5.02. The summed E-state index contributed by atoms with van der Waals surface area (Å²) < 4.78 is 19.9. The van der Waals surface area contributed by atoms with Crippen LogP contribution in [0.4, 0.5) is 5.69 Å². The van der Waals surface area contributed by atoms with Crippen molar-refractivity contribution in [3.8, 4) is 5.75 Å². The average molecular weight is 386 g/mol. The molecule has 0 radical (unpaired) electrons. The van der Waals surface area contributed by atoms with Gasteiger partial charge >= 0.3 is 17.9 Å². The molecule has 0 fully saturated rings. The lowest BCUT2D eigenvalue weighted by Gasteiger charge is -2.32. The zero-order chi connectivity index (χ0) is 19.4. The number of ether oxygens (including phenoxy) is 4. The normalized spacial score (nSPS) is 14.1. The van der Waals surface area contributed by atoms with Gasteiger partial charge in [-0.2, -0.15) is 0 Å². The summed E-state index contributed by atoms with van der Waals surface area (Å²) in [6, 6.07) is 2.51. The summed E-state index contributed by atoms with van der Waals surface area (Å²) in [6.07, 6.45) is 0. The fourth-order valence-electron chi connectivity index (χ4n) is 2.42. The summed E-state index contributed by atoms with van der Waals surface area (Å²) in [6.45, 7) is -0.282. The van der Waals surface area contributed by atoms with E-state index in [1.165, 1.54) is 31.3 Å². The van der Waals surface area contributed by atoms with Gasteiger partial charge in [0.05, 0.1) is 44.2 Å². The van der Waals surface area contributed by atoms with Crippen molar-refractivity contribution in [2.75, 3.05) is 39.6 Å². The number of esters is 2. The quantitative estimate of drug-likeness (QED) is 0.752. The van der Waals surface area contributed by atoms with Gasteiger partial charge in [0.25, 0.3) is 0 Å². The second-order valence-corrected chi connectivity index (χ2v) is 5.43. The predicted molar refractivity (Wildman–Crippen MR) is 89.3 cm³/mol. The van der Waals surface area contributed by atoms with Crippen LogP contribution in [-0.2, 0) is 23.8 Å². The number of aromatic carboxylic acids is 1. The van der Waals surface area contributed by atoms with Gasteiger partial charge in [-0.3, -0.25) is 0 Å². The summed E-state index contributed by atoms with van der Waals surface area (Å²) in [5.41, 5.74) is -0.119. The van der Waals surface area contributed by atoms with Crippen molar-refractivity contribution in [3.63, 3.8) is 0 Å². The average Bonchev–Trinajstić information content (AvgIpc) is 2.65. The Kier molecular flexibility index (Phi) is 6.06. The largest absolute Gasteiger partial charge is 0.496 e. The van der Waals surface area contributed by atoms with Crippen molar-refractivity contribution < 1.29 is 38.4 Å². The van der Waals surface area contributed by atoms with Crippen LogP contribution in [0.3, 0.4) is 0 Å². The van der Waals surface area contributed by atoms with Crippen molar-refractivity contribution >= 4 is 35.2 Å². The molecule has 0 unspecified atom stereocenters. The molecule has 140 valence electrons. The standard InChI is InChI=1S/C16H16ClNO8/c1-23-12-5-11(10(17)4-8(12)14(19)20)18-7-26-6-9(15(21)24-2)13(18)16(22)25-3/h4-5H,6-7H2,1-3H3,(H,19,20). The van der Waals surface area contributed by atoms with Gasteiger partial charge in [0.1, 0.15) is 23.7 Å². The number of carboxylic acid groups (broad SMARTS) is 1. The predicted octanol–water partition coefficient (Wildman–Crippen LogP) is 1.44. The first-order valence-electron chi connectivity index (χ1n) is 7.21. The third kappa shape index (κ3) is 3.58. The zero-order valence-electron chi connectivity index (χ0n) is 14.2. The number of rotatable bonds is 5. The number of nitrogens with zero attached hydrogens (tertiary/aromatic N) is 1. The van der Waals surface area contributed by atoms with Crippen molar-refractivity contribution in [1.82, 2.24) is 0 Å². The van der Waals surface area contributed by atoms with E-state index in [4.69, 9.17) is 25.8 Å². The van der Waals surface area contributed by atoms with E-state index in [9.17, 15) is 19.5 Å². The molecule has 1 aliphatic rings. The molecule has 0 spiro atoms. The molecule has 0 saturated heterocycles.